The number of allylic oxidation sites excluding steroid dienone is 3. The number of rotatable bonds is 18. The van der Waals surface area contributed by atoms with Gasteiger partial charge in [0.15, 0.2) is 0 Å². The Morgan fingerprint density at radius 1 is 0.750 bits per heavy atom. The van der Waals surface area contributed by atoms with E-state index in [1.807, 2.05) is 0 Å². The Balaban J connectivity index is 2.94. The number of hydrogen-bond donors (Lipinski definition) is 1. The molecule has 1 N–H and O–H groups in total. The second-order valence-electron chi connectivity index (χ2n) is 13.4. The molecule has 0 heterocycles. The summed E-state index contributed by atoms with van der Waals surface area (Å²) in [7, 11) is 0. The predicted octanol–water partition coefficient (Wildman–Crippen LogP) is 11.6. The van der Waals surface area contributed by atoms with Crippen molar-refractivity contribution in [2.24, 2.45) is 22.2 Å². The third-order valence-electron chi connectivity index (χ3n) is 8.43. The lowest BCUT2D eigenvalue weighted by Crippen LogP contribution is -2.47. The summed E-state index contributed by atoms with van der Waals surface area (Å²) >= 11 is 4.25. The monoisotopic (exact) mass is 538 g/mol. The van der Waals surface area contributed by atoms with E-state index in [1.54, 1.807) is 5.57 Å². The van der Waals surface area contributed by atoms with Crippen LogP contribution in [0.4, 0.5) is 0 Å². The maximum absolute atomic E-state index is 11.8. The fourth-order valence-electron chi connectivity index (χ4n) is 5.40. The first-order valence-electron chi connectivity index (χ1n) is 15.2. The van der Waals surface area contributed by atoms with Crippen LogP contribution < -0.4 is 0 Å². The van der Waals surface area contributed by atoms with Crippen molar-refractivity contribution in [3.8, 4) is 0 Å². The lowest BCUT2D eigenvalue weighted by Gasteiger charge is -2.51. The third-order valence-corrected chi connectivity index (χ3v) is 10.7. The summed E-state index contributed by atoms with van der Waals surface area (Å²) in [6, 6.07) is 0. The first kappa shape index (κ1) is 34.0. The van der Waals surface area contributed by atoms with Crippen molar-refractivity contribution >= 4 is 23.5 Å². The first-order valence-corrected chi connectivity index (χ1v) is 17.5. The standard InChI is InChI=1S/C33H62OS2/c1-10-12-14-16-18-20-22-35-25-27-24-28(31(3,4)5)30(34)33(9,32(6,7)8)29(27)26-36-23-21-19-17-15-13-11-2/h24,29,34H,10-23,25-26H2,1-9H3. The van der Waals surface area contributed by atoms with Crippen molar-refractivity contribution in [1.82, 2.24) is 0 Å². The zero-order valence-electron chi connectivity index (χ0n) is 25.7. The molecule has 0 bridgehead atoms. The number of aliphatic hydroxyl groups excluding tert-OH is 1. The van der Waals surface area contributed by atoms with Crippen molar-refractivity contribution in [3.05, 3.63) is 23.0 Å². The molecule has 3 heteroatoms. The van der Waals surface area contributed by atoms with Crippen molar-refractivity contribution in [2.75, 3.05) is 23.0 Å². The number of unbranched alkanes of at least 4 members (excludes halogenated alkanes) is 10. The quantitative estimate of drug-likeness (QED) is 0.175. The molecule has 2 atom stereocenters. The highest BCUT2D eigenvalue weighted by Gasteiger charge is 2.52. The maximum atomic E-state index is 11.8. The van der Waals surface area contributed by atoms with Crippen LogP contribution in [0.2, 0.25) is 0 Å². The summed E-state index contributed by atoms with van der Waals surface area (Å²) < 4.78 is 0. The molecule has 0 radical (unpaired) electrons. The molecule has 0 spiro atoms. The van der Waals surface area contributed by atoms with Gasteiger partial charge in [-0.25, -0.2) is 0 Å². The van der Waals surface area contributed by atoms with Gasteiger partial charge in [0.25, 0.3) is 0 Å². The molecule has 2 unspecified atom stereocenters. The highest BCUT2D eigenvalue weighted by Crippen LogP contribution is 2.57. The van der Waals surface area contributed by atoms with Crippen LogP contribution in [0, 0.1) is 22.2 Å². The summed E-state index contributed by atoms with van der Waals surface area (Å²) in [5.74, 6) is 5.78. The van der Waals surface area contributed by atoms with Crippen molar-refractivity contribution < 1.29 is 5.11 Å². The molecule has 36 heavy (non-hydrogen) atoms. The molecule has 1 aliphatic rings. The minimum Gasteiger partial charge on any atom is -0.511 e. The van der Waals surface area contributed by atoms with Crippen molar-refractivity contribution in [3.63, 3.8) is 0 Å². The molecular weight excluding hydrogens is 476 g/mol. The Morgan fingerprint density at radius 3 is 1.69 bits per heavy atom. The van der Waals surface area contributed by atoms with Crippen LogP contribution in [-0.2, 0) is 0 Å². The molecule has 0 aromatic rings. The van der Waals surface area contributed by atoms with Gasteiger partial charge < -0.3 is 5.11 Å². The Morgan fingerprint density at radius 2 is 1.22 bits per heavy atom. The van der Waals surface area contributed by atoms with E-state index in [0.717, 1.165) is 17.1 Å². The summed E-state index contributed by atoms with van der Waals surface area (Å²) in [5.41, 5.74) is 2.42. The summed E-state index contributed by atoms with van der Waals surface area (Å²) in [6.45, 7) is 20.7. The van der Waals surface area contributed by atoms with E-state index in [-0.39, 0.29) is 16.2 Å². The molecule has 1 nitrogen and oxygen atoms in total. The maximum Gasteiger partial charge on any atom is 0.103 e. The number of aliphatic hydroxyl groups is 1. The summed E-state index contributed by atoms with van der Waals surface area (Å²) in [4.78, 5) is 0. The van der Waals surface area contributed by atoms with Gasteiger partial charge in [-0.05, 0) is 40.8 Å². The molecule has 212 valence electrons. The first-order chi connectivity index (χ1) is 16.9. The van der Waals surface area contributed by atoms with Crippen LogP contribution in [0.3, 0.4) is 0 Å². The molecule has 0 saturated carbocycles. The molecule has 0 amide bonds. The summed E-state index contributed by atoms with van der Waals surface area (Å²) in [5, 5.41) is 11.8. The summed E-state index contributed by atoms with van der Waals surface area (Å²) in [6.07, 6.45) is 18.8. The van der Waals surface area contributed by atoms with E-state index in [9.17, 15) is 5.11 Å². The number of hydrogen-bond acceptors (Lipinski definition) is 3. The van der Waals surface area contributed by atoms with E-state index in [0.29, 0.717) is 11.7 Å². The van der Waals surface area contributed by atoms with Gasteiger partial charge in [0, 0.05) is 22.8 Å². The molecule has 1 aliphatic carbocycles. The van der Waals surface area contributed by atoms with E-state index >= 15 is 0 Å². The Labute approximate surface area is 235 Å². The van der Waals surface area contributed by atoms with Crippen LogP contribution >= 0.6 is 23.5 Å². The highest BCUT2D eigenvalue weighted by molar-refractivity contribution is 7.99. The van der Waals surface area contributed by atoms with Gasteiger partial charge in [-0.1, -0.05) is 138 Å². The second-order valence-corrected chi connectivity index (χ2v) is 15.7. The topological polar surface area (TPSA) is 20.2 Å². The Kier molecular flexibility index (Phi) is 15.9. The molecule has 0 saturated heterocycles. The van der Waals surface area contributed by atoms with Crippen molar-refractivity contribution in [1.29, 1.82) is 0 Å². The molecule has 0 aromatic carbocycles. The van der Waals surface area contributed by atoms with Gasteiger partial charge in [0.05, 0.1) is 0 Å². The Hall–Kier alpha value is -0.0200. The lowest BCUT2D eigenvalue weighted by atomic mass is 9.55. The lowest BCUT2D eigenvalue weighted by molar-refractivity contribution is 0.0463. The molecule has 1 rings (SSSR count). The smallest absolute Gasteiger partial charge is 0.103 e. The second kappa shape index (κ2) is 16.8. The van der Waals surface area contributed by atoms with Gasteiger partial charge in [0.1, 0.15) is 5.76 Å². The largest absolute Gasteiger partial charge is 0.511 e. The fraction of sp³-hybridized carbons (Fsp3) is 0.879. The zero-order chi connectivity index (χ0) is 27.2. The number of thioether (sulfide) groups is 2. The molecule has 0 aromatic heterocycles. The minimum absolute atomic E-state index is 0.0115. The zero-order valence-corrected chi connectivity index (χ0v) is 27.4. The minimum atomic E-state index is -0.242. The SMILES string of the molecule is CCCCCCCCSCC1=CC(C(C)(C)C)=C(O)C(C)(C(C)(C)C)C1CSCCCCCCCC. The normalized spacial score (nSPS) is 21.2. The van der Waals surface area contributed by atoms with Gasteiger partial charge in [-0.2, -0.15) is 23.5 Å². The van der Waals surface area contributed by atoms with E-state index in [2.05, 4.69) is 91.9 Å². The molecular formula is C33H62OS2. The predicted molar refractivity (Wildman–Crippen MR) is 170 cm³/mol. The van der Waals surface area contributed by atoms with Gasteiger partial charge in [-0.15, -0.1) is 0 Å². The average Bonchev–Trinajstić information content (AvgIpc) is 2.79. The average molecular weight is 539 g/mol. The highest BCUT2D eigenvalue weighted by atomic mass is 32.2. The third kappa shape index (κ3) is 10.6. The van der Waals surface area contributed by atoms with Gasteiger partial charge in [0.2, 0.25) is 0 Å². The van der Waals surface area contributed by atoms with Crippen LogP contribution in [-0.4, -0.2) is 28.1 Å². The van der Waals surface area contributed by atoms with Gasteiger partial charge >= 0.3 is 0 Å². The van der Waals surface area contributed by atoms with E-state index in [1.165, 1.54) is 88.6 Å². The van der Waals surface area contributed by atoms with E-state index in [4.69, 9.17) is 0 Å². The van der Waals surface area contributed by atoms with Crippen LogP contribution in [0.1, 0.15) is 139 Å². The van der Waals surface area contributed by atoms with E-state index < -0.39 is 0 Å². The van der Waals surface area contributed by atoms with Crippen LogP contribution in [0.15, 0.2) is 23.0 Å². The van der Waals surface area contributed by atoms with Crippen LogP contribution in [0.5, 0.6) is 0 Å². The molecule has 0 aliphatic heterocycles. The Bertz CT molecular complexity index is 664. The molecule has 0 fully saturated rings. The fourth-order valence-corrected chi connectivity index (χ4v) is 7.83. The van der Waals surface area contributed by atoms with Gasteiger partial charge in [-0.3, -0.25) is 0 Å². The van der Waals surface area contributed by atoms with Crippen molar-refractivity contribution in [2.45, 2.75) is 139 Å². The van der Waals surface area contributed by atoms with Crippen LogP contribution in [0.25, 0.3) is 0 Å².